The van der Waals surface area contributed by atoms with Gasteiger partial charge in [0.05, 0.1) is 26.9 Å². The van der Waals surface area contributed by atoms with Gasteiger partial charge in [-0.1, -0.05) is 0 Å². The van der Waals surface area contributed by atoms with Crippen LogP contribution < -0.4 is 0 Å². The highest BCUT2D eigenvalue weighted by molar-refractivity contribution is 6.40. The molecule has 0 aliphatic rings. The van der Waals surface area contributed by atoms with Gasteiger partial charge in [-0.05, 0) is 12.8 Å². The fraction of sp³-hybridized carbons (Fsp3) is 1.00. The second kappa shape index (κ2) is 11.0. The van der Waals surface area contributed by atoms with Crippen LogP contribution in [0.15, 0.2) is 0 Å². The van der Waals surface area contributed by atoms with E-state index in [0.29, 0.717) is 18.7 Å². The van der Waals surface area contributed by atoms with Crippen LogP contribution in [0.1, 0.15) is 12.8 Å². The molecule has 6 unspecified atom stereocenters. The van der Waals surface area contributed by atoms with Gasteiger partial charge in [0.1, 0.15) is 0 Å². The normalized spacial score (nSPS) is 22.0. The Balaban J connectivity index is 4.22. The van der Waals surface area contributed by atoms with E-state index in [1.807, 2.05) is 0 Å². The van der Waals surface area contributed by atoms with Gasteiger partial charge in [-0.3, -0.25) is 0 Å². The van der Waals surface area contributed by atoms with E-state index in [0.717, 1.165) is 0 Å². The zero-order valence-corrected chi connectivity index (χ0v) is 15.4. The molecule has 0 radical (unpaired) electrons. The Labute approximate surface area is 148 Å². The SMILES string of the molecule is ClCC(Cl)CCC(Cl)C(Cl)C(Cl)C(Cl)C(Cl)CCl. The highest BCUT2D eigenvalue weighted by atomic mass is 35.5. The highest BCUT2D eigenvalue weighted by Crippen LogP contribution is 2.30. The first-order valence-electron chi connectivity index (χ1n) is 5.31. The van der Waals surface area contributed by atoms with Crippen molar-refractivity contribution >= 4 is 92.8 Å². The lowest BCUT2D eigenvalue weighted by molar-refractivity contribution is 0.613. The summed E-state index contributed by atoms with van der Waals surface area (Å²) >= 11 is 47.6. The Morgan fingerprint density at radius 2 is 1.06 bits per heavy atom. The monoisotopic (exact) mass is 414 g/mol. The third kappa shape index (κ3) is 7.36. The smallest absolute Gasteiger partial charge is 0.0692 e. The van der Waals surface area contributed by atoms with Crippen LogP contribution >= 0.6 is 92.8 Å². The molecule has 0 aromatic carbocycles. The van der Waals surface area contributed by atoms with E-state index in [1.54, 1.807) is 0 Å². The van der Waals surface area contributed by atoms with E-state index in [9.17, 15) is 0 Å². The largest absolute Gasteiger partial charge is 0.125 e. The lowest BCUT2D eigenvalue weighted by Gasteiger charge is -2.26. The van der Waals surface area contributed by atoms with Crippen molar-refractivity contribution < 1.29 is 0 Å². The van der Waals surface area contributed by atoms with Crippen molar-refractivity contribution in [1.29, 1.82) is 0 Å². The summed E-state index contributed by atoms with van der Waals surface area (Å²) < 4.78 is 0. The molecule has 0 spiro atoms. The van der Waals surface area contributed by atoms with Crippen LogP contribution in [-0.4, -0.2) is 44.0 Å². The molecule has 0 aliphatic heterocycles. The third-order valence-corrected chi connectivity index (χ3v) is 6.89. The maximum atomic E-state index is 6.18. The molecule has 0 amide bonds. The fourth-order valence-electron chi connectivity index (χ4n) is 1.24. The summed E-state index contributed by atoms with van der Waals surface area (Å²) in [5, 5.41) is -2.56. The van der Waals surface area contributed by atoms with Gasteiger partial charge in [0, 0.05) is 17.1 Å². The summed E-state index contributed by atoms with van der Waals surface area (Å²) in [6.45, 7) is 0. The lowest BCUT2D eigenvalue weighted by atomic mass is 10.1. The summed E-state index contributed by atoms with van der Waals surface area (Å²) in [6.07, 6.45) is 1.27. The van der Waals surface area contributed by atoms with E-state index in [-0.39, 0.29) is 16.6 Å². The summed E-state index contributed by atoms with van der Waals surface area (Å²) in [5.74, 6) is 0.571. The molecule has 0 N–H and O–H groups in total. The molecule has 0 nitrogen and oxygen atoms in total. The van der Waals surface area contributed by atoms with Crippen molar-refractivity contribution in [3.63, 3.8) is 0 Å². The second-order valence-electron chi connectivity index (χ2n) is 3.85. The van der Waals surface area contributed by atoms with Crippen LogP contribution in [0, 0.1) is 0 Å². The van der Waals surface area contributed by atoms with Gasteiger partial charge in [0.15, 0.2) is 0 Å². The van der Waals surface area contributed by atoms with Gasteiger partial charge in [-0.2, -0.15) is 0 Å². The van der Waals surface area contributed by atoms with E-state index in [4.69, 9.17) is 92.8 Å². The second-order valence-corrected chi connectivity index (χ2v) is 7.72. The minimum absolute atomic E-state index is 0.124. The first-order chi connectivity index (χ1) is 8.34. The van der Waals surface area contributed by atoms with E-state index >= 15 is 0 Å². The molecule has 0 aliphatic carbocycles. The van der Waals surface area contributed by atoms with Crippen LogP contribution in [0.4, 0.5) is 0 Å². The van der Waals surface area contributed by atoms with E-state index < -0.39 is 21.5 Å². The van der Waals surface area contributed by atoms with Gasteiger partial charge in [0.2, 0.25) is 0 Å². The molecule has 110 valence electrons. The first kappa shape index (κ1) is 20.3. The lowest BCUT2D eigenvalue weighted by Crippen LogP contribution is -2.37. The van der Waals surface area contributed by atoms with Crippen molar-refractivity contribution in [2.45, 2.75) is 45.1 Å². The topological polar surface area (TPSA) is 0 Å². The average Bonchev–Trinajstić information content (AvgIpc) is 2.40. The Hall–Kier alpha value is 2.32. The maximum absolute atomic E-state index is 6.18. The predicted octanol–water partition coefficient (Wildman–Crippen LogP) is 5.89. The van der Waals surface area contributed by atoms with Crippen LogP contribution in [-0.2, 0) is 0 Å². The van der Waals surface area contributed by atoms with Crippen LogP contribution in [0.5, 0.6) is 0 Å². The summed E-state index contributed by atoms with van der Waals surface area (Å²) in [7, 11) is 0. The minimum atomic E-state index is -0.568. The maximum Gasteiger partial charge on any atom is 0.0692 e. The molecule has 0 rings (SSSR count). The zero-order valence-electron chi connectivity index (χ0n) is 9.32. The van der Waals surface area contributed by atoms with Gasteiger partial charge >= 0.3 is 0 Å². The Bertz CT molecular complexity index is 214. The van der Waals surface area contributed by atoms with Gasteiger partial charge in [-0.15, -0.1) is 92.8 Å². The number of halogens is 8. The summed E-state index contributed by atoms with van der Waals surface area (Å²) in [6, 6.07) is 0. The molecule has 0 aromatic heterocycles. The van der Waals surface area contributed by atoms with Crippen molar-refractivity contribution in [2.75, 3.05) is 11.8 Å². The Morgan fingerprint density at radius 1 is 0.556 bits per heavy atom. The molecule has 8 heteroatoms. The van der Waals surface area contributed by atoms with Gasteiger partial charge in [-0.25, -0.2) is 0 Å². The third-order valence-electron chi connectivity index (χ3n) is 2.37. The summed E-state index contributed by atoms with van der Waals surface area (Å²) in [4.78, 5) is 0. The number of rotatable bonds is 9. The van der Waals surface area contributed by atoms with Crippen LogP contribution in [0.3, 0.4) is 0 Å². The van der Waals surface area contributed by atoms with Crippen molar-refractivity contribution in [3.05, 3.63) is 0 Å². The van der Waals surface area contributed by atoms with E-state index in [1.165, 1.54) is 0 Å². The van der Waals surface area contributed by atoms with Gasteiger partial charge < -0.3 is 0 Å². The predicted molar refractivity (Wildman–Crippen MR) is 88.5 cm³/mol. The Morgan fingerprint density at radius 3 is 1.50 bits per heavy atom. The first-order valence-corrected chi connectivity index (χ1v) is 9.00. The van der Waals surface area contributed by atoms with E-state index in [2.05, 4.69) is 0 Å². The summed E-state index contributed by atoms with van der Waals surface area (Å²) in [5.41, 5.74) is 0. The molecule has 0 aromatic rings. The van der Waals surface area contributed by atoms with Crippen molar-refractivity contribution in [1.82, 2.24) is 0 Å². The van der Waals surface area contributed by atoms with Crippen LogP contribution in [0.2, 0.25) is 0 Å². The highest BCUT2D eigenvalue weighted by Gasteiger charge is 2.33. The van der Waals surface area contributed by atoms with Crippen molar-refractivity contribution in [3.8, 4) is 0 Å². The number of alkyl halides is 8. The van der Waals surface area contributed by atoms with Gasteiger partial charge in [0.25, 0.3) is 0 Å². The number of hydrogen-bond donors (Lipinski definition) is 0. The molecule has 0 bridgehead atoms. The van der Waals surface area contributed by atoms with Crippen molar-refractivity contribution in [2.24, 2.45) is 0 Å². The fourth-order valence-corrected chi connectivity index (χ4v) is 3.34. The molecule has 0 fully saturated rings. The minimum Gasteiger partial charge on any atom is -0.125 e. The molecule has 18 heavy (non-hydrogen) atoms. The Kier molecular flexibility index (Phi) is 12.4. The molecule has 0 saturated carbocycles. The molecular weight excluding hydrogens is 404 g/mol. The average molecular weight is 418 g/mol. The molecule has 0 heterocycles. The standard InChI is InChI=1S/C10H14Cl8/c11-3-5(13)1-2-6(14)8(16)10(18)9(17)7(15)4-12/h5-10H,1-4H2. The quantitative estimate of drug-likeness (QED) is 0.410. The molecular formula is C10H14Cl8. The van der Waals surface area contributed by atoms with Crippen LogP contribution in [0.25, 0.3) is 0 Å². The zero-order chi connectivity index (χ0) is 14.3. The molecule has 0 saturated heterocycles. The molecule has 6 atom stereocenters. The number of hydrogen-bond acceptors (Lipinski definition) is 0.